The molecule has 3 heteroatoms. The number of thioether (sulfide) groups is 1. The van der Waals surface area contributed by atoms with E-state index >= 15 is 0 Å². The van der Waals surface area contributed by atoms with Gasteiger partial charge in [-0.05, 0) is 24.6 Å². The molecule has 0 atom stereocenters. The molecule has 1 saturated carbocycles. The highest BCUT2D eigenvalue weighted by atomic mass is 35.5. The van der Waals surface area contributed by atoms with Gasteiger partial charge in [0.15, 0.2) is 0 Å². The molecule has 0 aromatic rings. The SMILES string of the molecule is N#CSC1(Cl)CCCCC1. The first-order chi connectivity index (χ1) is 4.77. The Morgan fingerprint density at radius 3 is 2.40 bits per heavy atom. The molecular formula is C7H10ClNS. The van der Waals surface area contributed by atoms with Crippen molar-refractivity contribution in [3.8, 4) is 5.40 Å². The van der Waals surface area contributed by atoms with Gasteiger partial charge in [-0.15, -0.1) is 11.6 Å². The molecule has 10 heavy (non-hydrogen) atoms. The van der Waals surface area contributed by atoms with Crippen LogP contribution < -0.4 is 0 Å². The van der Waals surface area contributed by atoms with Crippen LogP contribution in [0.1, 0.15) is 32.1 Å². The van der Waals surface area contributed by atoms with Gasteiger partial charge in [-0.3, -0.25) is 0 Å². The van der Waals surface area contributed by atoms with Crippen LogP contribution >= 0.6 is 23.4 Å². The maximum Gasteiger partial charge on any atom is 0.135 e. The quantitative estimate of drug-likeness (QED) is 0.452. The van der Waals surface area contributed by atoms with Gasteiger partial charge in [0.2, 0.25) is 0 Å². The zero-order valence-corrected chi connectivity index (χ0v) is 7.34. The molecule has 0 aromatic heterocycles. The number of thiocyanates is 1. The Kier molecular flexibility index (Phi) is 2.88. The molecule has 1 aliphatic rings. The highest BCUT2D eigenvalue weighted by Gasteiger charge is 2.29. The van der Waals surface area contributed by atoms with Crippen LogP contribution in [0.3, 0.4) is 0 Å². The van der Waals surface area contributed by atoms with Crippen LogP contribution in [-0.4, -0.2) is 4.21 Å². The highest BCUT2D eigenvalue weighted by molar-refractivity contribution is 8.06. The second kappa shape index (κ2) is 3.50. The van der Waals surface area contributed by atoms with Crippen molar-refractivity contribution >= 4 is 23.4 Å². The molecule has 0 heterocycles. The van der Waals surface area contributed by atoms with E-state index in [4.69, 9.17) is 16.9 Å². The summed E-state index contributed by atoms with van der Waals surface area (Å²) in [5.41, 5.74) is 0. The van der Waals surface area contributed by atoms with Crippen molar-refractivity contribution in [1.82, 2.24) is 0 Å². The minimum absolute atomic E-state index is 0.243. The lowest BCUT2D eigenvalue weighted by molar-refractivity contribution is 0.486. The minimum Gasteiger partial charge on any atom is -0.185 e. The summed E-state index contributed by atoms with van der Waals surface area (Å²) in [6, 6.07) is 0. The third kappa shape index (κ3) is 2.07. The van der Waals surface area contributed by atoms with Crippen molar-refractivity contribution in [2.24, 2.45) is 0 Å². The predicted octanol–water partition coefficient (Wildman–Crippen LogP) is 3.10. The lowest BCUT2D eigenvalue weighted by Gasteiger charge is -2.26. The number of nitrogens with zero attached hydrogens (tertiary/aromatic N) is 1. The van der Waals surface area contributed by atoms with E-state index in [9.17, 15) is 0 Å². The predicted molar refractivity (Wildman–Crippen MR) is 44.9 cm³/mol. The van der Waals surface area contributed by atoms with Crippen LogP contribution in [0.4, 0.5) is 0 Å². The number of rotatable bonds is 1. The molecule has 0 amide bonds. The summed E-state index contributed by atoms with van der Waals surface area (Å²) in [6.07, 6.45) is 5.62. The summed E-state index contributed by atoms with van der Waals surface area (Å²) >= 11 is 7.34. The Hall–Kier alpha value is 0.130. The van der Waals surface area contributed by atoms with Crippen molar-refractivity contribution in [3.05, 3.63) is 0 Å². The minimum atomic E-state index is -0.243. The lowest BCUT2D eigenvalue weighted by atomic mass is 10.00. The Morgan fingerprint density at radius 1 is 1.30 bits per heavy atom. The monoisotopic (exact) mass is 175 g/mol. The fourth-order valence-corrected chi connectivity index (χ4v) is 2.29. The number of halogens is 1. The second-order valence-electron chi connectivity index (χ2n) is 2.64. The molecule has 1 nitrogen and oxygen atoms in total. The standard InChI is InChI=1S/C7H10ClNS/c8-7(10-6-9)4-2-1-3-5-7/h1-5H2. The van der Waals surface area contributed by atoms with E-state index in [2.05, 4.69) is 5.40 Å². The molecule has 0 unspecified atom stereocenters. The number of hydrogen-bond donors (Lipinski definition) is 0. The summed E-state index contributed by atoms with van der Waals surface area (Å²) < 4.78 is -0.243. The summed E-state index contributed by atoms with van der Waals surface area (Å²) in [5.74, 6) is 0. The van der Waals surface area contributed by atoms with Gasteiger partial charge >= 0.3 is 0 Å². The van der Waals surface area contributed by atoms with E-state index in [0.29, 0.717) is 0 Å². The van der Waals surface area contributed by atoms with Crippen LogP contribution in [-0.2, 0) is 0 Å². The van der Waals surface area contributed by atoms with Crippen LogP contribution in [0.2, 0.25) is 0 Å². The zero-order chi connectivity index (χ0) is 7.45. The van der Waals surface area contributed by atoms with Crippen molar-refractivity contribution in [3.63, 3.8) is 0 Å². The van der Waals surface area contributed by atoms with Gasteiger partial charge in [-0.2, -0.15) is 5.26 Å². The summed E-state index contributed by atoms with van der Waals surface area (Å²) in [5, 5.41) is 10.5. The van der Waals surface area contributed by atoms with Crippen molar-refractivity contribution in [2.45, 2.75) is 36.3 Å². The molecule has 1 rings (SSSR count). The number of hydrogen-bond acceptors (Lipinski definition) is 2. The van der Waals surface area contributed by atoms with Gasteiger partial charge in [-0.1, -0.05) is 19.3 Å². The third-order valence-corrected chi connectivity index (χ3v) is 3.30. The molecule has 0 bridgehead atoms. The van der Waals surface area contributed by atoms with E-state index in [-0.39, 0.29) is 4.21 Å². The molecule has 0 aliphatic heterocycles. The summed E-state index contributed by atoms with van der Waals surface area (Å²) in [6.45, 7) is 0. The van der Waals surface area contributed by atoms with Gasteiger partial charge in [0.1, 0.15) is 9.61 Å². The van der Waals surface area contributed by atoms with E-state index < -0.39 is 0 Å². The van der Waals surface area contributed by atoms with Crippen LogP contribution in [0.25, 0.3) is 0 Å². The van der Waals surface area contributed by atoms with Crippen LogP contribution in [0, 0.1) is 10.7 Å². The molecule has 0 saturated heterocycles. The first-order valence-electron chi connectivity index (χ1n) is 3.53. The first-order valence-corrected chi connectivity index (χ1v) is 4.72. The fraction of sp³-hybridized carbons (Fsp3) is 0.857. The van der Waals surface area contributed by atoms with E-state index in [1.807, 2.05) is 0 Å². The van der Waals surface area contributed by atoms with Gasteiger partial charge in [-0.25, -0.2) is 0 Å². The average Bonchev–Trinajstić information content (AvgIpc) is 1.89. The van der Waals surface area contributed by atoms with Crippen LogP contribution in [0.15, 0.2) is 0 Å². The first kappa shape index (κ1) is 8.23. The van der Waals surface area contributed by atoms with Crippen LogP contribution in [0.5, 0.6) is 0 Å². The topological polar surface area (TPSA) is 23.8 Å². The molecular weight excluding hydrogens is 166 g/mol. The maximum absolute atomic E-state index is 8.41. The van der Waals surface area contributed by atoms with Gasteiger partial charge in [0, 0.05) is 0 Å². The molecule has 0 aromatic carbocycles. The lowest BCUT2D eigenvalue weighted by Crippen LogP contribution is -2.19. The molecule has 56 valence electrons. The van der Waals surface area contributed by atoms with Crippen molar-refractivity contribution in [1.29, 1.82) is 5.26 Å². The molecule has 0 spiro atoms. The molecule has 1 fully saturated rings. The highest BCUT2D eigenvalue weighted by Crippen LogP contribution is 2.42. The van der Waals surface area contributed by atoms with E-state index in [0.717, 1.165) is 12.8 Å². The second-order valence-corrected chi connectivity index (χ2v) is 4.75. The number of nitriles is 1. The van der Waals surface area contributed by atoms with E-state index in [1.54, 1.807) is 0 Å². The van der Waals surface area contributed by atoms with Gasteiger partial charge < -0.3 is 0 Å². The Labute approximate surface area is 70.7 Å². The van der Waals surface area contributed by atoms with Crippen molar-refractivity contribution < 1.29 is 0 Å². The Morgan fingerprint density at radius 2 is 1.90 bits per heavy atom. The fourth-order valence-electron chi connectivity index (χ4n) is 1.26. The molecule has 1 aliphatic carbocycles. The zero-order valence-electron chi connectivity index (χ0n) is 5.77. The molecule has 0 radical (unpaired) electrons. The van der Waals surface area contributed by atoms with E-state index in [1.165, 1.54) is 31.0 Å². The normalized spacial score (nSPS) is 23.6. The van der Waals surface area contributed by atoms with Gasteiger partial charge in [0.25, 0.3) is 0 Å². The third-order valence-electron chi connectivity index (χ3n) is 1.83. The number of alkyl halides is 1. The van der Waals surface area contributed by atoms with Crippen molar-refractivity contribution in [2.75, 3.05) is 0 Å². The molecule has 0 N–H and O–H groups in total. The smallest absolute Gasteiger partial charge is 0.135 e. The summed E-state index contributed by atoms with van der Waals surface area (Å²) in [7, 11) is 0. The largest absolute Gasteiger partial charge is 0.185 e. The Bertz CT molecular complexity index is 146. The average molecular weight is 176 g/mol. The maximum atomic E-state index is 8.41. The summed E-state index contributed by atoms with van der Waals surface area (Å²) in [4.78, 5) is 0. The Balaban J connectivity index is 2.42. The van der Waals surface area contributed by atoms with Gasteiger partial charge in [0.05, 0.1) is 0 Å².